The van der Waals surface area contributed by atoms with Gasteiger partial charge < -0.3 is 0 Å². The molecule has 0 spiro atoms. The molecule has 1 fully saturated rings. The van der Waals surface area contributed by atoms with Crippen molar-refractivity contribution < 1.29 is 9.59 Å². The Kier molecular flexibility index (Phi) is 2.82. The maximum Gasteiger partial charge on any atom is 0.274 e. The minimum absolute atomic E-state index is 0.407. The van der Waals surface area contributed by atoms with Crippen LogP contribution in [0.1, 0.15) is 0 Å². The molecular formula is C9H7ClN4O2. The van der Waals surface area contributed by atoms with Gasteiger partial charge in [0, 0.05) is 0 Å². The fourth-order valence-corrected chi connectivity index (χ4v) is 1.31. The van der Waals surface area contributed by atoms with E-state index in [1.165, 1.54) is 0 Å². The first-order valence-electron chi connectivity index (χ1n) is 4.43. The number of benzene rings is 1. The monoisotopic (exact) mass is 238 g/mol. The fourth-order valence-electron chi connectivity index (χ4n) is 1.14. The third-order valence-electron chi connectivity index (χ3n) is 1.94. The van der Waals surface area contributed by atoms with Crippen LogP contribution < -0.4 is 10.9 Å². The number of halogens is 1. The van der Waals surface area contributed by atoms with Crippen molar-refractivity contribution in [2.45, 2.75) is 6.04 Å². The SMILES string of the molecule is O=C1NNC(=O)C1N=Nc1ccccc1Cl. The van der Waals surface area contributed by atoms with Crippen LogP contribution in [-0.2, 0) is 9.59 Å². The smallest absolute Gasteiger partial charge is 0.270 e. The van der Waals surface area contributed by atoms with Crippen LogP contribution in [0.2, 0.25) is 5.02 Å². The van der Waals surface area contributed by atoms with Crippen molar-refractivity contribution in [1.82, 2.24) is 10.9 Å². The summed E-state index contributed by atoms with van der Waals surface area (Å²) in [4.78, 5) is 22.2. The van der Waals surface area contributed by atoms with E-state index in [1.807, 2.05) is 0 Å². The van der Waals surface area contributed by atoms with Crippen molar-refractivity contribution in [3.05, 3.63) is 29.3 Å². The number of nitrogens with one attached hydrogen (secondary N) is 2. The van der Waals surface area contributed by atoms with Gasteiger partial charge in [-0.05, 0) is 12.1 Å². The molecule has 2 amide bonds. The Morgan fingerprint density at radius 3 is 2.38 bits per heavy atom. The lowest BCUT2D eigenvalue weighted by atomic mass is 10.3. The zero-order chi connectivity index (χ0) is 11.5. The van der Waals surface area contributed by atoms with E-state index < -0.39 is 17.9 Å². The van der Waals surface area contributed by atoms with Gasteiger partial charge in [0.05, 0.1) is 5.02 Å². The summed E-state index contributed by atoms with van der Waals surface area (Å²) in [5.41, 5.74) is 4.70. The van der Waals surface area contributed by atoms with Gasteiger partial charge in [-0.1, -0.05) is 23.7 Å². The number of carbonyl (C=O) groups excluding carboxylic acids is 2. The van der Waals surface area contributed by atoms with Crippen LogP contribution in [0.4, 0.5) is 5.69 Å². The largest absolute Gasteiger partial charge is 0.274 e. The number of hydrazine groups is 1. The predicted molar refractivity (Wildman–Crippen MR) is 56.0 cm³/mol. The number of rotatable bonds is 2. The molecule has 1 aliphatic rings. The molecular weight excluding hydrogens is 232 g/mol. The van der Waals surface area contributed by atoms with Crippen molar-refractivity contribution in [3.8, 4) is 0 Å². The zero-order valence-corrected chi connectivity index (χ0v) is 8.73. The molecule has 6 nitrogen and oxygen atoms in total. The van der Waals surface area contributed by atoms with Crippen molar-refractivity contribution in [2.75, 3.05) is 0 Å². The van der Waals surface area contributed by atoms with Crippen LogP contribution in [-0.4, -0.2) is 17.9 Å². The van der Waals surface area contributed by atoms with Gasteiger partial charge in [0.25, 0.3) is 11.8 Å². The second kappa shape index (κ2) is 4.28. The Balaban J connectivity index is 2.18. The molecule has 1 aromatic carbocycles. The molecule has 2 rings (SSSR count). The topological polar surface area (TPSA) is 82.9 Å². The first-order chi connectivity index (χ1) is 7.68. The molecule has 1 aromatic rings. The second-order valence-electron chi connectivity index (χ2n) is 3.05. The lowest BCUT2D eigenvalue weighted by molar-refractivity contribution is -0.124. The summed E-state index contributed by atoms with van der Waals surface area (Å²) >= 11 is 5.83. The average molecular weight is 239 g/mol. The van der Waals surface area contributed by atoms with Gasteiger partial charge in [-0.2, -0.15) is 10.2 Å². The summed E-state index contributed by atoms with van der Waals surface area (Å²) in [6.07, 6.45) is 0. The fraction of sp³-hybridized carbons (Fsp3) is 0.111. The van der Waals surface area contributed by atoms with Gasteiger partial charge in [0.2, 0.25) is 6.04 Å². The van der Waals surface area contributed by atoms with Crippen LogP contribution in [0.25, 0.3) is 0 Å². The van der Waals surface area contributed by atoms with Gasteiger partial charge in [0.1, 0.15) is 5.69 Å². The van der Waals surface area contributed by atoms with E-state index in [0.29, 0.717) is 10.7 Å². The molecule has 0 unspecified atom stereocenters. The molecule has 2 N–H and O–H groups in total. The Morgan fingerprint density at radius 1 is 1.12 bits per heavy atom. The van der Waals surface area contributed by atoms with E-state index in [9.17, 15) is 9.59 Å². The van der Waals surface area contributed by atoms with Gasteiger partial charge in [-0.25, -0.2) is 0 Å². The van der Waals surface area contributed by atoms with Crippen molar-refractivity contribution in [3.63, 3.8) is 0 Å². The molecule has 82 valence electrons. The number of amides is 2. The summed E-state index contributed by atoms with van der Waals surface area (Å²) in [5.74, 6) is -1.05. The van der Waals surface area contributed by atoms with E-state index in [1.54, 1.807) is 24.3 Å². The van der Waals surface area contributed by atoms with E-state index in [-0.39, 0.29) is 0 Å². The van der Waals surface area contributed by atoms with E-state index in [2.05, 4.69) is 21.1 Å². The molecule has 0 atom stereocenters. The van der Waals surface area contributed by atoms with Crippen LogP contribution >= 0.6 is 11.6 Å². The molecule has 0 radical (unpaired) electrons. The molecule has 7 heteroatoms. The zero-order valence-electron chi connectivity index (χ0n) is 7.98. The first kappa shape index (κ1) is 10.6. The number of azo groups is 1. The number of hydrogen-bond acceptors (Lipinski definition) is 4. The highest BCUT2D eigenvalue weighted by Crippen LogP contribution is 2.24. The maximum atomic E-state index is 11.1. The molecule has 0 bridgehead atoms. The molecule has 16 heavy (non-hydrogen) atoms. The van der Waals surface area contributed by atoms with Crippen molar-refractivity contribution >= 4 is 29.1 Å². The molecule has 1 aliphatic heterocycles. The van der Waals surface area contributed by atoms with Crippen molar-refractivity contribution in [1.29, 1.82) is 0 Å². The van der Waals surface area contributed by atoms with Crippen LogP contribution in [0.3, 0.4) is 0 Å². The predicted octanol–water partition coefficient (Wildman–Crippen LogP) is 0.953. The molecule has 1 saturated heterocycles. The van der Waals surface area contributed by atoms with Gasteiger partial charge in [0.15, 0.2) is 0 Å². The maximum absolute atomic E-state index is 11.1. The Morgan fingerprint density at radius 2 is 1.75 bits per heavy atom. The normalized spacial score (nSPS) is 16.6. The van der Waals surface area contributed by atoms with E-state index >= 15 is 0 Å². The minimum atomic E-state index is -1.14. The lowest BCUT2D eigenvalue weighted by Crippen LogP contribution is -2.28. The molecule has 0 aromatic heterocycles. The van der Waals surface area contributed by atoms with Crippen LogP contribution in [0.15, 0.2) is 34.5 Å². The quantitative estimate of drug-likeness (QED) is 0.594. The van der Waals surface area contributed by atoms with E-state index in [0.717, 1.165) is 0 Å². The highest BCUT2D eigenvalue weighted by Gasteiger charge is 2.33. The minimum Gasteiger partial charge on any atom is -0.270 e. The summed E-state index contributed by atoms with van der Waals surface area (Å²) < 4.78 is 0. The summed E-state index contributed by atoms with van der Waals surface area (Å²) in [6.45, 7) is 0. The first-order valence-corrected chi connectivity index (χ1v) is 4.81. The highest BCUT2D eigenvalue weighted by atomic mass is 35.5. The number of hydrogen-bond donors (Lipinski definition) is 2. The summed E-state index contributed by atoms with van der Waals surface area (Å²) in [7, 11) is 0. The third-order valence-corrected chi connectivity index (χ3v) is 2.26. The Bertz CT molecular complexity index is 458. The Hall–Kier alpha value is -1.95. The van der Waals surface area contributed by atoms with Crippen LogP contribution in [0.5, 0.6) is 0 Å². The number of carbonyl (C=O) groups is 2. The lowest BCUT2D eigenvalue weighted by Gasteiger charge is -1.96. The Labute approximate surface area is 95.7 Å². The molecule has 1 heterocycles. The third kappa shape index (κ3) is 2.01. The summed E-state index contributed by atoms with van der Waals surface area (Å²) in [5, 5.41) is 7.80. The second-order valence-corrected chi connectivity index (χ2v) is 3.46. The standard InChI is InChI=1S/C9H7ClN4O2/c10-5-3-1-2-4-6(5)11-12-7-8(15)13-14-9(7)16/h1-4,7H,(H,13,15)(H,14,16). The van der Waals surface area contributed by atoms with Gasteiger partial charge >= 0.3 is 0 Å². The molecule has 0 aliphatic carbocycles. The number of nitrogens with zero attached hydrogens (tertiary/aromatic N) is 2. The average Bonchev–Trinajstić information content (AvgIpc) is 2.58. The van der Waals surface area contributed by atoms with E-state index in [4.69, 9.17) is 11.6 Å². The molecule has 0 saturated carbocycles. The van der Waals surface area contributed by atoms with Crippen molar-refractivity contribution in [2.24, 2.45) is 10.2 Å². The van der Waals surface area contributed by atoms with Crippen LogP contribution in [0, 0.1) is 0 Å². The highest BCUT2D eigenvalue weighted by molar-refractivity contribution is 6.32. The van der Waals surface area contributed by atoms with Gasteiger partial charge in [-0.15, -0.1) is 0 Å². The summed E-state index contributed by atoms with van der Waals surface area (Å²) in [6, 6.07) is 5.61. The van der Waals surface area contributed by atoms with Gasteiger partial charge in [-0.3, -0.25) is 20.4 Å².